The van der Waals surface area contributed by atoms with Gasteiger partial charge in [-0.15, -0.1) is 0 Å². The Balaban J connectivity index is 2.07. The largest absolute Gasteiger partial charge is 0.453 e. The Morgan fingerprint density at radius 3 is 2.83 bits per heavy atom. The number of ether oxygens (including phenoxy) is 1. The van der Waals surface area contributed by atoms with Crippen LogP contribution in [0.2, 0.25) is 0 Å². The third-order valence-corrected chi connectivity index (χ3v) is 2.55. The molecule has 3 rings (SSSR count). The highest BCUT2D eigenvalue weighted by atomic mass is 19.1. The molecular formula is C13H10FN3O. The van der Waals surface area contributed by atoms with Gasteiger partial charge in [0.1, 0.15) is 5.75 Å². The molecule has 0 unspecified atom stereocenters. The Kier molecular flexibility index (Phi) is 2.44. The van der Waals surface area contributed by atoms with Crippen molar-refractivity contribution in [2.75, 3.05) is 0 Å². The summed E-state index contributed by atoms with van der Waals surface area (Å²) in [5.74, 6) is 0.332. The zero-order valence-electron chi connectivity index (χ0n) is 9.67. The number of benzene rings is 1. The van der Waals surface area contributed by atoms with E-state index in [2.05, 4.69) is 10.1 Å². The molecule has 2 aromatic heterocycles. The second kappa shape index (κ2) is 4.10. The van der Waals surface area contributed by atoms with Crippen LogP contribution in [0.3, 0.4) is 0 Å². The van der Waals surface area contributed by atoms with Gasteiger partial charge in [-0.3, -0.25) is 4.68 Å². The summed E-state index contributed by atoms with van der Waals surface area (Å²) >= 11 is 0. The summed E-state index contributed by atoms with van der Waals surface area (Å²) in [5, 5.41) is 4.92. The van der Waals surface area contributed by atoms with Gasteiger partial charge in [0, 0.05) is 19.4 Å². The van der Waals surface area contributed by atoms with Crippen LogP contribution in [0.25, 0.3) is 11.0 Å². The standard InChI is InChI=1S/C13H10FN3O/c1-17-8-9-11(6-7-15-13(9)16-17)18-12-5-3-2-4-10(12)14/h2-8H,1H3. The number of aryl methyl sites for hydroxylation is 1. The van der Waals surface area contributed by atoms with Crippen molar-refractivity contribution in [3.8, 4) is 11.5 Å². The average molecular weight is 243 g/mol. The second-order valence-electron chi connectivity index (χ2n) is 3.88. The van der Waals surface area contributed by atoms with Gasteiger partial charge in [0.05, 0.1) is 5.39 Å². The molecule has 4 nitrogen and oxygen atoms in total. The van der Waals surface area contributed by atoms with Crippen LogP contribution in [0.4, 0.5) is 4.39 Å². The number of hydrogen-bond donors (Lipinski definition) is 0. The van der Waals surface area contributed by atoms with Gasteiger partial charge in [0.15, 0.2) is 17.2 Å². The molecule has 90 valence electrons. The lowest BCUT2D eigenvalue weighted by molar-refractivity contribution is 0.446. The van der Waals surface area contributed by atoms with E-state index < -0.39 is 5.82 Å². The van der Waals surface area contributed by atoms with Crippen molar-refractivity contribution >= 4 is 11.0 Å². The fourth-order valence-corrected chi connectivity index (χ4v) is 1.75. The molecule has 0 bridgehead atoms. The predicted molar refractivity (Wildman–Crippen MR) is 65.0 cm³/mol. The third-order valence-electron chi connectivity index (χ3n) is 2.55. The highest BCUT2D eigenvalue weighted by Crippen LogP contribution is 2.29. The molecule has 2 heterocycles. The molecule has 18 heavy (non-hydrogen) atoms. The lowest BCUT2D eigenvalue weighted by atomic mass is 10.3. The van der Waals surface area contributed by atoms with Crippen LogP contribution in [0.5, 0.6) is 11.5 Å². The van der Waals surface area contributed by atoms with Gasteiger partial charge in [-0.25, -0.2) is 9.37 Å². The number of fused-ring (bicyclic) bond motifs is 1. The molecule has 0 atom stereocenters. The van der Waals surface area contributed by atoms with Gasteiger partial charge in [-0.1, -0.05) is 12.1 Å². The fraction of sp³-hybridized carbons (Fsp3) is 0.0769. The molecule has 3 aromatic rings. The zero-order chi connectivity index (χ0) is 12.5. The quantitative estimate of drug-likeness (QED) is 0.694. The van der Waals surface area contributed by atoms with E-state index in [9.17, 15) is 4.39 Å². The molecule has 0 saturated heterocycles. The molecule has 0 aliphatic carbocycles. The summed E-state index contributed by atoms with van der Waals surface area (Å²) in [5.41, 5.74) is 0.575. The molecule has 0 fully saturated rings. The Bertz CT molecular complexity index is 708. The van der Waals surface area contributed by atoms with E-state index in [4.69, 9.17) is 4.74 Å². The van der Waals surface area contributed by atoms with E-state index in [1.807, 2.05) is 0 Å². The zero-order valence-corrected chi connectivity index (χ0v) is 9.67. The maximum atomic E-state index is 13.5. The Morgan fingerprint density at radius 2 is 2.00 bits per heavy atom. The molecule has 0 radical (unpaired) electrons. The molecular weight excluding hydrogens is 233 g/mol. The number of pyridine rings is 1. The summed E-state index contributed by atoms with van der Waals surface area (Å²) in [6.45, 7) is 0. The Morgan fingerprint density at radius 1 is 1.17 bits per heavy atom. The average Bonchev–Trinajstić information content (AvgIpc) is 2.73. The first-order valence-corrected chi connectivity index (χ1v) is 5.45. The maximum Gasteiger partial charge on any atom is 0.184 e. The van der Waals surface area contributed by atoms with Crippen LogP contribution in [0.15, 0.2) is 42.7 Å². The first-order chi connectivity index (χ1) is 8.74. The van der Waals surface area contributed by atoms with Crippen LogP contribution in [0.1, 0.15) is 0 Å². The summed E-state index contributed by atoms with van der Waals surface area (Å²) in [6.07, 6.45) is 3.38. The number of rotatable bonds is 2. The first-order valence-electron chi connectivity index (χ1n) is 5.45. The smallest absolute Gasteiger partial charge is 0.184 e. The van der Waals surface area contributed by atoms with E-state index in [-0.39, 0.29) is 5.75 Å². The third kappa shape index (κ3) is 1.79. The first kappa shape index (κ1) is 10.7. The number of hydrogen-bond acceptors (Lipinski definition) is 3. The molecule has 0 aliphatic heterocycles. The summed E-state index contributed by atoms with van der Waals surface area (Å²) in [4.78, 5) is 4.12. The van der Waals surface area contributed by atoms with E-state index in [1.165, 1.54) is 6.07 Å². The predicted octanol–water partition coefficient (Wildman–Crippen LogP) is 2.90. The minimum atomic E-state index is -0.397. The number of para-hydroxylation sites is 1. The van der Waals surface area contributed by atoms with Crippen molar-refractivity contribution in [1.29, 1.82) is 0 Å². The SMILES string of the molecule is Cn1cc2c(Oc3ccccc3F)ccnc2n1. The maximum absolute atomic E-state index is 13.5. The number of nitrogens with zero attached hydrogens (tertiary/aromatic N) is 3. The molecule has 1 aromatic carbocycles. The highest BCUT2D eigenvalue weighted by molar-refractivity contribution is 5.81. The van der Waals surface area contributed by atoms with Crippen LogP contribution in [-0.2, 0) is 7.05 Å². The van der Waals surface area contributed by atoms with Crippen molar-refractivity contribution in [2.24, 2.45) is 7.05 Å². The monoisotopic (exact) mass is 243 g/mol. The van der Waals surface area contributed by atoms with Crippen molar-refractivity contribution in [3.63, 3.8) is 0 Å². The topological polar surface area (TPSA) is 39.9 Å². The van der Waals surface area contributed by atoms with Crippen LogP contribution >= 0.6 is 0 Å². The Hall–Kier alpha value is -2.43. The van der Waals surface area contributed by atoms with Crippen LogP contribution < -0.4 is 4.74 Å². The van der Waals surface area contributed by atoms with Crippen molar-refractivity contribution in [3.05, 3.63) is 48.5 Å². The second-order valence-corrected chi connectivity index (χ2v) is 3.88. The molecule has 5 heteroatoms. The van der Waals surface area contributed by atoms with E-state index in [1.54, 1.807) is 48.4 Å². The van der Waals surface area contributed by atoms with E-state index in [0.717, 1.165) is 5.39 Å². The Labute approximate surface area is 103 Å². The van der Waals surface area contributed by atoms with Gasteiger partial charge in [0.2, 0.25) is 0 Å². The summed E-state index contributed by atoms with van der Waals surface area (Å²) in [6, 6.07) is 7.97. The normalized spacial score (nSPS) is 10.8. The molecule has 0 amide bonds. The van der Waals surface area contributed by atoms with Gasteiger partial charge < -0.3 is 4.74 Å². The molecule has 0 N–H and O–H groups in total. The summed E-state index contributed by atoms with van der Waals surface area (Å²) < 4.78 is 20.7. The lowest BCUT2D eigenvalue weighted by Gasteiger charge is -2.06. The van der Waals surface area contributed by atoms with Gasteiger partial charge >= 0.3 is 0 Å². The number of aromatic nitrogens is 3. The minimum absolute atomic E-state index is 0.189. The molecule has 0 aliphatic rings. The van der Waals surface area contributed by atoms with Gasteiger partial charge in [-0.2, -0.15) is 5.10 Å². The van der Waals surface area contributed by atoms with E-state index in [0.29, 0.717) is 11.4 Å². The minimum Gasteiger partial charge on any atom is -0.453 e. The number of halogens is 1. The summed E-state index contributed by atoms with van der Waals surface area (Å²) in [7, 11) is 1.80. The van der Waals surface area contributed by atoms with Crippen LogP contribution in [0, 0.1) is 5.82 Å². The van der Waals surface area contributed by atoms with Crippen molar-refractivity contribution in [2.45, 2.75) is 0 Å². The highest BCUT2D eigenvalue weighted by Gasteiger charge is 2.09. The van der Waals surface area contributed by atoms with E-state index >= 15 is 0 Å². The van der Waals surface area contributed by atoms with Gasteiger partial charge in [0.25, 0.3) is 0 Å². The van der Waals surface area contributed by atoms with Crippen LogP contribution in [-0.4, -0.2) is 14.8 Å². The fourth-order valence-electron chi connectivity index (χ4n) is 1.75. The van der Waals surface area contributed by atoms with Crippen molar-refractivity contribution in [1.82, 2.24) is 14.8 Å². The van der Waals surface area contributed by atoms with Crippen molar-refractivity contribution < 1.29 is 9.13 Å². The molecule has 0 spiro atoms. The van der Waals surface area contributed by atoms with Gasteiger partial charge in [-0.05, 0) is 18.2 Å². The molecule has 0 saturated carbocycles. The lowest BCUT2D eigenvalue weighted by Crippen LogP contribution is -1.89.